The van der Waals surface area contributed by atoms with E-state index in [4.69, 9.17) is 10.5 Å². The number of nitrogen functional groups attached to an aromatic ring is 1. The van der Waals surface area contributed by atoms with Crippen molar-refractivity contribution in [2.24, 2.45) is 0 Å². The molecule has 2 aromatic rings. The molecule has 0 amide bonds. The van der Waals surface area contributed by atoms with Crippen LogP contribution in [0, 0.1) is 0 Å². The summed E-state index contributed by atoms with van der Waals surface area (Å²) in [6.45, 7) is 3.85. The van der Waals surface area contributed by atoms with Crippen LogP contribution < -0.4 is 10.5 Å². The van der Waals surface area contributed by atoms with Gasteiger partial charge in [-0.15, -0.1) is 0 Å². The molecule has 98 valence electrons. The lowest BCUT2D eigenvalue weighted by Gasteiger charge is -2.10. The Bertz CT molecular complexity index is 594. The average Bonchev–Trinajstić information content (AvgIpc) is 2.37. The SMILES string of the molecule is CC(C)Oc1cncc(C(=O)c2cccc(N)c2)c1. The molecule has 0 aliphatic rings. The normalized spacial score (nSPS) is 10.5. The summed E-state index contributed by atoms with van der Waals surface area (Å²) in [4.78, 5) is 16.3. The molecule has 0 unspecified atom stereocenters. The number of anilines is 1. The van der Waals surface area contributed by atoms with Crippen molar-refractivity contribution in [3.63, 3.8) is 0 Å². The van der Waals surface area contributed by atoms with E-state index in [1.165, 1.54) is 6.20 Å². The van der Waals surface area contributed by atoms with Crippen molar-refractivity contribution < 1.29 is 9.53 Å². The summed E-state index contributed by atoms with van der Waals surface area (Å²) in [5.74, 6) is 0.471. The Morgan fingerprint density at radius 2 is 2.00 bits per heavy atom. The lowest BCUT2D eigenvalue weighted by Crippen LogP contribution is -2.08. The number of carbonyl (C=O) groups excluding carboxylic acids is 1. The molecule has 0 atom stereocenters. The molecule has 0 saturated heterocycles. The predicted molar refractivity (Wildman–Crippen MR) is 74.3 cm³/mol. The first-order chi connectivity index (χ1) is 9.06. The Morgan fingerprint density at radius 3 is 2.68 bits per heavy atom. The van der Waals surface area contributed by atoms with E-state index in [0.29, 0.717) is 22.6 Å². The molecule has 0 bridgehead atoms. The first kappa shape index (κ1) is 13.1. The fourth-order valence-corrected chi connectivity index (χ4v) is 1.73. The number of ether oxygens (including phenoxy) is 1. The lowest BCUT2D eigenvalue weighted by molar-refractivity contribution is 0.103. The van der Waals surface area contributed by atoms with Crippen LogP contribution in [0.5, 0.6) is 5.75 Å². The van der Waals surface area contributed by atoms with Gasteiger partial charge >= 0.3 is 0 Å². The van der Waals surface area contributed by atoms with Gasteiger partial charge in [0.2, 0.25) is 0 Å². The van der Waals surface area contributed by atoms with Crippen LogP contribution in [-0.4, -0.2) is 16.9 Å². The van der Waals surface area contributed by atoms with E-state index in [2.05, 4.69) is 4.98 Å². The van der Waals surface area contributed by atoms with Gasteiger partial charge < -0.3 is 10.5 Å². The standard InChI is InChI=1S/C15H16N2O2/c1-10(2)19-14-7-12(8-17-9-14)15(18)11-4-3-5-13(16)6-11/h3-10H,16H2,1-2H3. The van der Waals surface area contributed by atoms with Crippen LogP contribution in [0.1, 0.15) is 29.8 Å². The molecule has 0 aliphatic heterocycles. The number of benzene rings is 1. The van der Waals surface area contributed by atoms with Gasteiger partial charge in [-0.05, 0) is 32.0 Å². The van der Waals surface area contributed by atoms with Crippen LogP contribution >= 0.6 is 0 Å². The van der Waals surface area contributed by atoms with Crippen LogP contribution in [-0.2, 0) is 0 Å². The fourth-order valence-electron chi connectivity index (χ4n) is 1.73. The molecule has 0 fully saturated rings. The highest BCUT2D eigenvalue weighted by molar-refractivity contribution is 6.09. The summed E-state index contributed by atoms with van der Waals surface area (Å²) in [6, 6.07) is 8.57. The van der Waals surface area contributed by atoms with Gasteiger partial charge in [0.05, 0.1) is 12.3 Å². The van der Waals surface area contributed by atoms with Crippen molar-refractivity contribution in [3.8, 4) is 5.75 Å². The molecule has 2 N–H and O–H groups in total. The van der Waals surface area contributed by atoms with Crippen LogP contribution in [0.4, 0.5) is 5.69 Å². The molecule has 19 heavy (non-hydrogen) atoms. The second-order valence-electron chi connectivity index (χ2n) is 4.53. The van der Waals surface area contributed by atoms with Crippen LogP contribution in [0.25, 0.3) is 0 Å². The maximum absolute atomic E-state index is 12.3. The van der Waals surface area contributed by atoms with Gasteiger partial charge in [-0.25, -0.2) is 0 Å². The summed E-state index contributed by atoms with van der Waals surface area (Å²) in [5, 5.41) is 0. The van der Waals surface area contributed by atoms with Crippen LogP contribution in [0.3, 0.4) is 0 Å². The van der Waals surface area contributed by atoms with Crippen molar-refractivity contribution in [2.75, 3.05) is 5.73 Å². The first-order valence-corrected chi connectivity index (χ1v) is 6.08. The molecule has 0 spiro atoms. The smallest absolute Gasteiger partial charge is 0.194 e. The Kier molecular flexibility index (Phi) is 3.80. The Morgan fingerprint density at radius 1 is 1.21 bits per heavy atom. The Balaban J connectivity index is 2.29. The number of nitrogens with zero attached hydrogens (tertiary/aromatic N) is 1. The zero-order chi connectivity index (χ0) is 13.8. The molecule has 1 aromatic heterocycles. The van der Waals surface area contributed by atoms with Crippen molar-refractivity contribution in [1.29, 1.82) is 0 Å². The fraction of sp³-hybridized carbons (Fsp3) is 0.200. The van der Waals surface area contributed by atoms with Gasteiger partial charge in [-0.3, -0.25) is 9.78 Å². The second-order valence-corrected chi connectivity index (χ2v) is 4.53. The molecular formula is C15H16N2O2. The van der Waals surface area contributed by atoms with Gasteiger partial charge in [-0.2, -0.15) is 0 Å². The molecule has 1 aromatic carbocycles. The number of nitrogens with two attached hydrogens (primary N) is 1. The summed E-state index contributed by atoms with van der Waals surface area (Å²) in [6.07, 6.45) is 3.16. The minimum atomic E-state index is -0.117. The lowest BCUT2D eigenvalue weighted by atomic mass is 10.0. The number of pyridine rings is 1. The van der Waals surface area contributed by atoms with Gasteiger partial charge in [-0.1, -0.05) is 12.1 Å². The summed E-state index contributed by atoms with van der Waals surface area (Å²) in [7, 11) is 0. The molecular weight excluding hydrogens is 240 g/mol. The number of hydrogen-bond acceptors (Lipinski definition) is 4. The molecule has 1 heterocycles. The summed E-state index contributed by atoms with van der Waals surface area (Å²) in [5.41, 5.74) is 7.28. The molecule has 0 saturated carbocycles. The molecule has 0 radical (unpaired) electrons. The minimum Gasteiger partial charge on any atom is -0.489 e. The monoisotopic (exact) mass is 256 g/mol. The van der Waals surface area contributed by atoms with E-state index in [0.717, 1.165) is 0 Å². The molecule has 2 rings (SSSR count). The van der Waals surface area contributed by atoms with E-state index in [-0.39, 0.29) is 11.9 Å². The van der Waals surface area contributed by atoms with Crippen LogP contribution in [0.15, 0.2) is 42.7 Å². The number of rotatable bonds is 4. The number of hydrogen-bond donors (Lipinski definition) is 1. The van der Waals surface area contributed by atoms with Crippen molar-refractivity contribution in [2.45, 2.75) is 20.0 Å². The largest absolute Gasteiger partial charge is 0.489 e. The van der Waals surface area contributed by atoms with E-state index in [9.17, 15) is 4.79 Å². The molecule has 4 heteroatoms. The van der Waals surface area contributed by atoms with Gasteiger partial charge in [0.1, 0.15) is 5.75 Å². The third-order valence-electron chi connectivity index (χ3n) is 2.50. The maximum Gasteiger partial charge on any atom is 0.194 e. The highest BCUT2D eigenvalue weighted by atomic mass is 16.5. The number of carbonyl (C=O) groups is 1. The zero-order valence-corrected chi connectivity index (χ0v) is 11.0. The maximum atomic E-state index is 12.3. The number of aromatic nitrogens is 1. The predicted octanol–water partition coefficient (Wildman–Crippen LogP) is 2.68. The van der Waals surface area contributed by atoms with E-state index in [1.54, 1.807) is 36.5 Å². The Hall–Kier alpha value is -2.36. The first-order valence-electron chi connectivity index (χ1n) is 6.08. The van der Waals surface area contributed by atoms with E-state index in [1.807, 2.05) is 13.8 Å². The third-order valence-corrected chi connectivity index (χ3v) is 2.50. The quantitative estimate of drug-likeness (QED) is 0.674. The van der Waals surface area contributed by atoms with Crippen molar-refractivity contribution in [1.82, 2.24) is 4.98 Å². The van der Waals surface area contributed by atoms with Gasteiger partial charge in [0, 0.05) is 23.0 Å². The van der Waals surface area contributed by atoms with E-state index >= 15 is 0 Å². The van der Waals surface area contributed by atoms with Crippen molar-refractivity contribution >= 4 is 11.5 Å². The molecule has 4 nitrogen and oxygen atoms in total. The average molecular weight is 256 g/mol. The summed E-state index contributed by atoms with van der Waals surface area (Å²) < 4.78 is 5.53. The second kappa shape index (κ2) is 5.52. The van der Waals surface area contributed by atoms with E-state index < -0.39 is 0 Å². The minimum absolute atomic E-state index is 0.0412. The highest BCUT2D eigenvalue weighted by Gasteiger charge is 2.11. The third kappa shape index (κ3) is 3.31. The topological polar surface area (TPSA) is 65.2 Å². The highest BCUT2D eigenvalue weighted by Crippen LogP contribution is 2.17. The zero-order valence-electron chi connectivity index (χ0n) is 11.0. The van der Waals surface area contributed by atoms with Crippen LogP contribution in [0.2, 0.25) is 0 Å². The van der Waals surface area contributed by atoms with Crippen molar-refractivity contribution in [3.05, 3.63) is 53.9 Å². The van der Waals surface area contributed by atoms with Gasteiger partial charge in [0.25, 0.3) is 0 Å². The van der Waals surface area contributed by atoms with Gasteiger partial charge in [0.15, 0.2) is 5.78 Å². The Labute approximate surface area is 112 Å². The summed E-state index contributed by atoms with van der Waals surface area (Å²) >= 11 is 0. The molecule has 0 aliphatic carbocycles. The number of ketones is 1.